The maximum atomic E-state index is 12.8. The largest absolute Gasteiger partial charge is 0.481 e. The van der Waals surface area contributed by atoms with Gasteiger partial charge in [0, 0.05) is 6.54 Å². The molecule has 1 heterocycles. The highest BCUT2D eigenvalue weighted by Gasteiger charge is 2.43. The molecule has 1 saturated heterocycles. The van der Waals surface area contributed by atoms with Crippen molar-refractivity contribution in [2.45, 2.75) is 57.1 Å². The van der Waals surface area contributed by atoms with Gasteiger partial charge in [0.25, 0.3) is 0 Å². The van der Waals surface area contributed by atoms with E-state index in [2.05, 4.69) is 0 Å². The summed E-state index contributed by atoms with van der Waals surface area (Å²) in [5, 5.41) is 9.35. The predicted octanol–water partition coefficient (Wildman–Crippen LogP) is 1.66. The van der Waals surface area contributed by atoms with Gasteiger partial charge in [-0.1, -0.05) is 12.8 Å². The molecule has 0 radical (unpaired) electrons. The molecule has 4 unspecified atom stereocenters. The fourth-order valence-corrected chi connectivity index (χ4v) is 4.13. The Labute approximate surface area is 119 Å². The van der Waals surface area contributed by atoms with Crippen LogP contribution in [0.1, 0.15) is 44.9 Å². The summed E-state index contributed by atoms with van der Waals surface area (Å²) in [6, 6.07) is 0.188. The number of aliphatic carboxylic acids is 1. The van der Waals surface area contributed by atoms with Crippen LogP contribution in [-0.4, -0.2) is 47.2 Å². The second-order valence-electron chi connectivity index (χ2n) is 6.27. The number of hydrogen-bond acceptors (Lipinski definition) is 3. The fraction of sp³-hybridized carbons (Fsp3) is 0.867. The van der Waals surface area contributed by atoms with E-state index in [1.165, 1.54) is 0 Å². The van der Waals surface area contributed by atoms with Crippen molar-refractivity contribution in [2.75, 3.05) is 13.2 Å². The van der Waals surface area contributed by atoms with Gasteiger partial charge in [0.1, 0.15) is 0 Å². The Morgan fingerprint density at radius 1 is 1.00 bits per heavy atom. The van der Waals surface area contributed by atoms with Gasteiger partial charge in [-0.05, 0) is 32.1 Å². The minimum Gasteiger partial charge on any atom is -0.481 e. The van der Waals surface area contributed by atoms with Gasteiger partial charge in [-0.15, -0.1) is 0 Å². The van der Waals surface area contributed by atoms with Crippen LogP contribution in [0.4, 0.5) is 0 Å². The van der Waals surface area contributed by atoms with Gasteiger partial charge < -0.3 is 14.7 Å². The average molecular weight is 281 g/mol. The lowest BCUT2D eigenvalue weighted by molar-refractivity contribution is -0.158. The molecule has 0 aromatic rings. The summed E-state index contributed by atoms with van der Waals surface area (Å²) in [6.45, 7) is 1.22. The van der Waals surface area contributed by atoms with Crippen molar-refractivity contribution < 1.29 is 19.4 Å². The third-order valence-corrected chi connectivity index (χ3v) is 5.17. The number of hydrogen-bond donors (Lipinski definition) is 1. The summed E-state index contributed by atoms with van der Waals surface area (Å²) in [6.07, 6.45) is 6.58. The van der Waals surface area contributed by atoms with E-state index in [9.17, 15) is 14.7 Å². The Morgan fingerprint density at radius 2 is 1.75 bits per heavy atom. The van der Waals surface area contributed by atoms with E-state index in [-0.39, 0.29) is 24.0 Å². The summed E-state index contributed by atoms with van der Waals surface area (Å²) in [7, 11) is 0. The molecule has 3 aliphatic rings. The van der Waals surface area contributed by atoms with E-state index < -0.39 is 11.9 Å². The molecule has 1 N–H and O–H groups in total. The number of carboxylic acid groups (broad SMARTS) is 1. The first-order valence-corrected chi connectivity index (χ1v) is 7.83. The minimum atomic E-state index is -0.806. The number of ether oxygens (including phenoxy) is 1. The summed E-state index contributed by atoms with van der Waals surface area (Å²) in [5.74, 6) is -1.55. The van der Waals surface area contributed by atoms with Gasteiger partial charge >= 0.3 is 5.97 Å². The van der Waals surface area contributed by atoms with Crippen LogP contribution >= 0.6 is 0 Å². The summed E-state index contributed by atoms with van der Waals surface area (Å²) >= 11 is 0. The molecule has 1 aliphatic heterocycles. The molecular formula is C15H23NO4. The second-order valence-corrected chi connectivity index (χ2v) is 6.27. The van der Waals surface area contributed by atoms with Crippen molar-refractivity contribution >= 4 is 11.9 Å². The quantitative estimate of drug-likeness (QED) is 0.836. The van der Waals surface area contributed by atoms with E-state index in [0.717, 1.165) is 38.5 Å². The molecule has 0 bridgehead atoms. The highest BCUT2D eigenvalue weighted by molar-refractivity contribution is 5.85. The average Bonchev–Trinajstić information content (AvgIpc) is 2.94. The zero-order valence-corrected chi connectivity index (χ0v) is 11.8. The molecule has 0 aromatic carbocycles. The molecule has 3 fully saturated rings. The Kier molecular flexibility index (Phi) is 3.96. The first kappa shape index (κ1) is 13.9. The molecule has 1 amide bonds. The number of amides is 1. The van der Waals surface area contributed by atoms with Crippen molar-refractivity contribution in [3.8, 4) is 0 Å². The normalized spacial score (nSPS) is 37.5. The van der Waals surface area contributed by atoms with Gasteiger partial charge in [-0.2, -0.15) is 0 Å². The topological polar surface area (TPSA) is 66.8 Å². The number of carbonyl (C=O) groups is 2. The molecular weight excluding hydrogens is 258 g/mol. The standard InChI is InChI=1S/C15H23NO4/c17-14(10-4-1-2-5-11(10)15(18)19)16-8-9-20-13-7-3-6-12(13)16/h10-13H,1-9H2,(H,18,19). The van der Waals surface area contributed by atoms with E-state index >= 15 is 0 Å². The van der Waals surface area contributed by atoms with E-state index in [0.29, 0.717) is 19.6 Å². The van der Waals surface area contributed by atoms with Gasteiger partial charge in [-0.3, -0.25) is 9.59 Å². The van der Waals surface area contributed by atoms with Crippen LogP contribution in [-0.2, 0) is 14.3 Å². The first-order chi connectivity index (χ1) is 9.68. The van der Waals surface area contributed by atoms with Crippen molar-refractivity contribution in [3.63, 3.8) is 0 Å². The Hall–Kier alpha value is -1.10. The first-order valence-electron chi connectivity index (χ1n) is 7.83. The number of rotatable bonds is 2. The molecule has 2 saturated carbocycles. The Bertz CT molecular complexity index is 397. The molecule has 5 heteroatoms. The van der Waals surface area contributed by atoms with Gasteiger partial charge in [0.2, 0.25) is 5.91 Å². The van der Waals surface area contributed by atoms with E-state index in [1.54, 1.807) is 0 Å². The fourth-order valence-electron chi connectivity index (χ4n) is 4.13. The van der Waals surface area contributed by atoms with Crippen molar-refractivity contribution in [3.05, 3.63) is 0 Å². The smallest absolute Gasteiger partial charge is 0.307 e. The van der Waals surface area contributed by atoms with E-state index in [4.69, 9.17) is 4.74 Å². The zero-order valence-electron chi connectivity index (χ0n) is 11.8. The van der Waals surface area contributed by atoms with Crippen molar-refractivity contribution in [1.29, 1.82) is 0 Å². The maximum Gasteiger partial charge on any atom is 0.307 e. The van der Waals surface area contributed by atoms with Crippen LogP contribution in [0.3, 0.4) is 0 Å². The SMILES string of the molecule is O=C(O)C1CCCCC1C(=O)N1CCOC2CCCC21. The minimum absolute atomic E-state index is 0.0669. The third-order valence-electron chi connectivity index (χ3n) is 5.17. The summed E-state index contributed by atoms with van der Waals surface area (Å²) < 4.78 is 5.73. The number of nitrogens with zero attached hydrogens (tertiary/aromatic N) is 1. The lowest BCUT2D eigenvalue weighted by Gasteiger charge is -2.41. The lowest BCUT2D eigenvalue weighted by Crippen LogP contribution is -2.54. The predicted molar refractivity (Wildman–Crippen MR) is 72.2 cm³/mol. The summed E-state index contributed by atoms with van der Waals surface area (Å²) in [4.78, 5) is 26.1. The monoisotopic (exact) mass is 281 g/mol. The van der Waals surface area contributed by atoms with Crippen molar-refractivity contribution in [1.82, 2.24) is 4.90 Å². The molecule has 2 aliphatic carbocycles. The Balaban J connectivity index is 1.74. The molecule has 0 spiro atoms. The molecule has 5 nitrogen and oxygen atoms in total. The number of fused-ring (bicyclic) bond motifs is 1. The number of carbonyl (C=O) groups excluding carboxylic acids is 1. The molecule has 0 aromatic heterocycles. The molecule has 112 valence electrons. The molecule has 3 rings (SSSR count). The van der Waals surface area contributed by atoms with Gasteiger partial charge in [-0.25, -0.2) is 0 Å². The molecule has 20 heavy (non-hydrogen) atoms. The van der Waals surface area contributed by atoms with Crippen LogP contribution < -0.4 is 0 Å². The molecule has 4 atom stereocenters. The zero-order chi connectivity index (χ0) is 14.1. The summed E-state index contributed by atoms with van der Waals surface area (Å²) in [5.41, 5.74) is 0. The third kappa shape index (κ3) is 2.43. The maximum absolute atomic E-state index is 12.8. The van der Waals surface area contributed by atoms with Crippen LogP contribution in [0.25, 0.3) is 0 Å². The highest BCUT2D eigenvalue weighted by atomic mass is 16.5. The van der Waals surface area contributed by atoms with Crippen LogP contribution in [0.2, 0.25) is 0 Å². The van der Waals surface area contributed by atoms with Crippen LogP contribution in [0.5, 0.6) is 0 Å². The van der Waals surface area contributed by atoms with Crippen LogP contribution in [0.15, 0.2) is 0 Å². The van der Waals surface area contributed by atoms with Crippen molar-refractivity contribution in [2.24, 2.45) is 11.8 Å². The number of carboxylic acids is 1. The number of morpholine rings is 1. The van der Waals surface area contributed by atoms with E-state index in [1.807, 2.05) is 4.90 Å². The van der Waals surface area contributed by atoms with Gasteiger partial charge in [0.05, 0.1) is 30.6 Å². The lowest BCUT2D eigenvalue weighted by atomic mass is 9.78. The Morgan fingerprint density at radius 3 is 2.50 bits per heavy atom. The van der Waals surface area contributed by atoms with Gasteiger partial charge in [0.15, 0.2) is 0 Å². The highest BCUT2D eigenvalue weighted by Crippen LogP contribution is 2.35. The second kappa shape index (κ2) is 5.72. The van der Waals surface area contributed by atoms with Crippen LogP contribution in [0, 0.1) is 11.8 Å².